The van der Waals surface area contributed by atoms with Crippen molar-refractivity contribution in [2.24, 2.45) is 0 Å². The molecule has 6 heteroatoms. The number of benzene rings is 1. The lowest BCUT2D eigenvalue weighted by atomic mass is 10.00. The van der Waals surface area contributed by atoms with Crippen molar-refractivity contribution in [3.05, 3.63) is 23.2 Å². The summed E-state index contributed by atoms with van der Waals surface area (Å²) in [4.78, 5) is 16.5. The Balaban J connectivity index is 1.61. The van der Waals surface area contributed by atoms with Crippen molar-refractivity contribution in [3.63, 3.8) is 0 Å². The van der Waals surface area contributed by atoms with Crippen LogP contribution in [-0.4, -0.2) is 23.0 Å². The molecule has 2 aromatic rings. The topological polar surface area (TPSA) is 77.8 Å². The quantitative estimate of drug-likeness (QED) is 0.909. The van der Waals surface area contributed by atoms with Crippen molar-refractivity contribution in [1.82, 2.24) is 10.3 Å². The van der Waals surface area contributed by atoms with E-state index in [0.717, 1.165) is 46.6 Å². The number of aryl methyl sites for hydroxylation is 1. The van der Waals surface area contributed by atoms with Gasteiger partial charge in [0, 0.05) is 5.69 Å². The van der Waals surface area contributed by atoms with Crippen molar-refractivity contribution >= 4 is 33.1 Å². The Morgan fingerprint density at radius 1 is 1.45 bits per heavy atom. The minimum absolute atomic E-state index is 0.135. The van der Waals surface area contributed by atoms with Crippen molar-refractivity contribution in [2.45, 2.75) is 38.1 Å². The molecular weight excluding hydrogens is 296 g/mol. The van der Waals surface area contributed by atoms with Crippen LogP contribution < -0.4 is 10.6 Å². The number of amides is 1. The molecule has 1 fully saturated rings. The lowest BCUT2D eigenvalue weighted by Crippen LogP contribution is -2.47. The first-order valence-corrected chi connectivity index (χ1v) is 8.25. The van der Waals surface area contributed by atoms with Gasteiger partial charge in [0.15, 0.2) is 0 Å². The maximum atomic E-state index is 12.1. The van der Waals surface area contributed by atoms with Gasteiger partial charge in [-0.05, 0) is 50.8 Å². The highest BCUT2D eigenvalue weighted by Gasteiger charge is 2.35. The zero-order chi connectivity index (χ0) is 15.6. The van der Waals surface area contributed by atoms with Gasteiger partial charge in [-0.3, -0.25) is 4.79 Å². The van der Waals surface area contributed by atoms with E-state index in [1.165, 1.54) is 0 Å². The number of carbonyl (C=O) groups is 1. The van der Waals surface area contributed by atoms with Gasteiger partial charge in [-0.2, -0.15) is 5.26 Å². The van der Waals surface area contributed by atoms with Gasteiger partial charge >= 0.3 is 0 Å². The number of fused-ring (bicyclic) bond motifs is 1. The third-order valence-electron chi connectivity index (χ3n) is 4.00. The van der Waals surface area contributed by atoms with E-state index in [9.17, 15) is 10.1 Å². The SMILES string of the molecule is Cc1nc2ccc(NCC(=O)NC3(C#N)CCCC3)cc2s1. The molecule has 0 unspecified atom stereocenters. The Morgan fingerprint density at radius 3 is 2.95 bits per heavy atom. The van der Waals surface area contributed by atoms with E-state index in [1.807, 2.05) is 25.1 Å². The van der Waals surface area contributed by atoms with E-state index in [-0.39, 0.29) is 12.5 Å². The first-order valence-electron chi connectivity index (χ1n) is 7.44. The van der Waals surface area contributed by atoms with Gasteiger partial charge in [-0.25, -0.2) is 4.98 Å². The van der Waals surface area contributed by atoms with Gasteiger partial charge in [0.1, 0.15) is 5.54 Å². The fourth-order valence-corrected chi connectivity index (χ4v) is 3.75. The predicted octanol–water partition coefficient (Wildman–Crippen LogP) is 2.97. The number of aromatic nitrogens is 1. The molecule has 114 valence electrons. The zero-order valence-electron chi connectivity index (χ0n) is 12.5. The number of thiazole rings is 1. The highest BCUT2D eigenvalue weighted by molar-refractivity contribution is 7.18. The second-order valence-electron chi connectivity index (χ2n) is 5.72. The van der Waals surface area contributed by atoms with Gasteiger partial charge in [0.05, 0.1) is 27.8 Å². The molecule has 0 aliphatic heterocycles. The van der Waals surface area contributed by atoms with E-state index < -0.39 is 5.54 Å². The van der Waals surface area contributed by atoms with Gasteiger partial charge < -0.3 is 10.6 Å². The first-order chi connectivity index (χ1) is 10.6. The Bertz CT molecular complexity index is 740. The molecule has 5 nitrogen and oxygen atoms in total. The molecule has 1 amide bonds. The molecule has 1 aliphatic carbocycles. The second kappa shape index (κ2) is 5.93. The fraction of sp³-hybridized carbons (Fsp3) is 0.438. The smallest absolute Gasteiger partial charge is 0.240 e. The summed E-state index contributed by atoms with van der Waals surface area (Å²) in [7, 11) is 0. The Kier molecular flexibility index (Phi) is 3.99. The van der Waals surface area contributed by atoms with Crippen molar-refractivity contribution in [3.8, 4) is 6.07 Å². The van der Waals surface area contributed by atoms with Crippen LogP contribution in [0.2, 0.25) is 0 Å². The second-order valence-corrected chi connectivity index (χ2v) is 6.95. The lowest BCUT2D eigenvalue weighted by Gasteiger charge is -2.22. The van der Waals surface area contributed by atoms with Crippen molar-refractivity contribution < 1.29 is 4.79 Å². The molecule has 0 spiro atoms. The van der Waals surface area contributed by atoms with Gasteiger partial charge in [-0.15, -0.1) is 11.3 Å². The standard InChI is InChI=1S/C16H18N4OS/c1-11-19-13-5-4-12(8-14(13)22-11)18-9-15(21)20-16(10-17)6-2-3-7-16/h4-5,8,18H,2-3,6-7,9H2,1H3,(H,20,21). The van der Waals surface area contributed by atoms with Crippen LogP contribution in [0.5, 0.6) is 0 Å². The third kappa shape index (κ3) is 3.04. The number of nitrogens with zero attached hydrogens (tertiary/aromatic N) is 2. The minimum atomic E-state index is -0.655. The summed E-state index contributed by atoms with van der Waals surface area (Å²) in [5.41, 5.74) is 1.22. The largest absolute Gasteiger partial charge is 0.376 e. The lowest BCUT2D eigenvalue weighted by molar-refractivity contribution is -0.120. The van der Waals surface area contributed by atoms with E-state index in [4.69, 9.17) is 0 Å². The summed E-state index contributed by atoms with van der Waals surface area (Å²) >= 11 is 1.63. The number of anilines is 1. The summed E-state index contributed by atoms with van der Waals surface area (Å²) < 4.78 is 1.10. The minimum Gasteiger partial charge on any atom is -0.376 e. The predicted molar refractivity (Wildman–Crippen MR) is 87.8 cm³/mol. The number of carbonyl (C=O) groups excluding carboxylic acids is 1. The number of hydrogen-bond acceptors (Lipinski definition) is 5. The van der Waals surface area contributed by atoms with Gasteiger partial charge in [-0.1, -0.05) is 0 Å². The summed E-state index contributed by atoms with van der Waals surface area (Å²) in [6, 6.07) is 8.14. The Morgan fingerprint density at radius 2 is 2.23 bits per heavy atom. The molecule has 22 heavy (non-hydrogen) atoms. The molecule has 0 saturated heterocycles. The molecule has 1 aromatic carbocycles. The molecule has 0 atom stereocenters. The molecule has 1 saturated carbocycles. The highest BCUT2D eigenvalue weighted by atomic mass is 32.1. The molecule has 2 N–H and O–H groups in total. The van der Waals surface area contributed by atoms with E-state index >= 15 is 0 Å². The molecule has 1 heterocycles. The van der Waals surface area contributed by atoms with Gasteiger partial charge in [0.2, 0.25) is 5.91 Å². The highest BCUT2D eigenvalue weighted by Crippen LogP contribution is 2.29. The molecule has 1 aromatic heterocycles. The summed E-state index contributed by atoms with van der Waals surface area (Å²) in [5.74, 6) is -0.135. The fourth-order valence-electron chi connectivity index (χ4n) is 2.89. The molecular formula is C16H18N4OS. The monoisotopic (exact) mass is 314 g/mol. The van der Waals surface area contributed by atoms with E-state index in [2.05, 4.69) is 21.7 Å². The Hall–Kier alpha value is -2.13. The van der Waals surface area contributed by atoms with Crippen LogP contribution in [0.15, 0.2) is 18.2 Å². The normalized spacial score (nSPS) is 16.4. The van der Waals surface area contributed by atoms with Crippen LogP contribution in [0, 0.1) is 18.3 Å². The molecule has 0 bridgehead atoms. The zero-order valence-corrected chi connectivity index (χ0v) is 13.3. The van der Waals surface area contributed by atoms with Crippen LogP contribution in [0.4, 0.5) is 5.69 Å². The van der Waals surface area contributed by atoms with Gasteiger partial charge in [0.25, 0.3) is 0 Å². The first kappa shape index (κ1) is 14.8. The summed E-state index contributed by atoms with van der Waals surface area (Å²) in [6.45, 7) is 2.15. The van der Waals surface area contributed by atoms with Crippen LogP contribution >= 0.6 is 11.3 Å². The maximum absolute atomic E-state index is 12.1. The van der Waals surface area contributed by atoms with Crippen LogP contribution in [0.3, 0.4) is 0 Å². The summed E-state index contributed by atoms with van der Waals surface area (Å²) in [5, 5.41) is 16.3. The summed E-state index contributed by atoms with van der Waals surface area (Å²) in [6.07, 6.45) is 3.51. The molecule has 3 rings (SSSR count). The van der Waals surface area contributed by atoms with E-state index in [1.54, 1.807) is 11.3 Å². The van der Waals surface area contributed by atoms with Crippen LogP contribution in [0.1, 0.15) is 30.7 Å². The van der Waals surface area contributed by atoms with Crippen LogP contribution in [0.25, 0.3) is 10.2 Å². The van der Waals surface area contributed by atoms with Crippen molar-refractivity contribution in [2.75, 3.05) is 11.9 Å². The van der Waals surface area contributed by atoms with Crippen molar-refractivity contribution in [1.29, 1.82) is 5.26 Å². The number of nitriles is 1. The van der Waals surface area contributed by atoms with Crippen LogP contribution in [-0.2, 0) is 4.79 Å². The van der Waals surface area contributed by atoms with E-state index in [0.29, 0.717) is 0 Å². The average molecular weight is 314 g/mol. The number of rotatable bonds is 4. The number of nitrogens with one attached hydrogen (secondary N) is 2. The number of hydrogen-bond donors (Lipinski definition) is 2. The third-order valence-corrected chi connectivity index (χ3v) is 4.93. The maximum Gasteiger partial charge on any atom is 0.240 e. The average Bonchev–Trinajstić information content (AvgIpc) is 3.10. The Labute approximate surface area is 133 Å². The molecule has 1 aliphatic rings. The molecule has 0 radical (unpaired) electrons.